The van der Waals surface area contributed by atoms with Gasteiger partial charge in [-0.1, -0.05) is 0 Å². The second-order valence-electron chi connectivity index (χ2n) is 6.72. The SMILES string of the molecule is CCN(CC1CCN(C)C1)C(=O)c1cc(C)c(C)c(S(N)(=O)=O)c1. The minimum absolute atomic E-state index is 0.0301. The van der Waals surface area contributed by atoms with Crippen LogP contribution in [-0.2, 0) is 10.0 Å². The topological polar surface area (TPSA) is 83.7 Å². The summed E-state index contributed by atoms with van der Waals surface area (Å²) in [5.41, 5.74) is 1.73. The summed E-state index contributed by atoms with van der Waals surface area (Å²) in [5, 5.41) is 5.29. The van der Waals surface area contributed by atoms with Gasteiger partial charge >= 0.3 is 0 Å². The third-order valence-electron chi connectivity index (χ3n) is 4.81. The molecule has 6 nitrogen and oxygen atoms in total. The van der Waals surface area contributed by atoms with Crippen LogP contribution < -0.4 is 5.14 Å². The van der Waals surface area contributed by atoms with Crippen LogP contribution in [0.15, 0.2) is 17.0 Å². The smallest absolute Gasteiger partial charge is 0.253 e. The number of carbonyl (C=O) groups excluding carboxylic acids is 1. The Balaban J connectivity index is 2.29. The zero-order valence-electron chi connectivity index (χ0n) is 14.9. The minimum Gasteiger partial charge on any atom is -0.339 e. The van der Waals surface area contributed by atoms with Gasteiger partial charge in [-0.3, -0.25) is 4.79 Å². The van der Waals surface area contributed by atoms with E-state index in [4.69, 9.17) is 5.14 Å². The monoisotopic (exact) mass is 353 g/mol. The lowest BCUT2D eigenvalue weighted by molar-refractivity contribution is 0.0739. The summed E-state index contributed by atoms with van der Waals surface area (Å²) in [4.78, 5) is 16.9. The number of amides is 1. The first-order valence-electron chi connectivity index (χ1n) is 8.25. The summed E-state index contributed by atoms with van der Waals surface area (Å²) in [5.74, 6) is 0.322. The molecule has 1 aliphatic heterocycles. The van der Waals surface area contributed by atoms with Crippen molar-refractivity contribution in [2.45, 2.75) is 32.1 Å². The van der Waals surface area contributed by atoms with E-state index in [1.165, 1.54) is 6.07 Å². The molecule has 2 N–H and O–H groups in total. The average Bonchev–Trinajstić information content (AvgIpc) is 2.90. The van der Waals surface area contributed by atoms with Gasteiger partial charge in [-0.15, -0.1) is 0 Å². The highest BCUT2D eigenvalue weighted by Gasteiger charge is 2.25. The van der Waals surface area contributed by atoms with Gasteiger partial charge in [0.1, 0.15) is 0 Å². The molecule has 1 atom stereocenters. The zero-order chi connectivity index (χ0) is 18.1. The fourth-order valence-corrected chi connectivity index (χ4v) is 4.15. The Morgan fingerprint density at radius 2 is 2.04 bits per heavy atom. The minimum atomic E-state index is -3.85. The molecule has 0 spiro atoms. The van der Waals surface area contributed by atoms with Crippen LogP contribution in [0.2, 0.25) is 0 Å². The highest BCUT2D eigenvalue weighted by molar-refractivity contribution is 7.89. The molecule has 1 aromatic rings. The molecule has 0 radical (unpaired) electrons. The van der Waals surface area contributed by atoms with Gasteiger partial charge in [-0.25, -0.2) is 13.6 Å². The number of likely N-dealkylation sites (tertiary alicyclic amines) is 1. The van der Waals surface area contributed by atoms with Crippen molar-refractivity contribution in [3.05, 3.63) is 28.8 Å². The molecule has 1 unspecified atom stereocenters. The van der Waals surface area contributed by atoms with Gasteiger partial charge in [0.2, 0.25) is 10.0 Å². The molecule has 0 aromatic heterocycles. The number of sulfonamides is 1. The predicted molar refractivity (Wildman–Crippen MR) is 94.5 cm³/mol. The summed E-state index contributed by atoms with van der Waals surface area (Å²) < 4.78 is 23.6. The molecular formula is C17H27N3O3S. The molecule has 0 bridgehead atoms. The number of carbonyl (C=O) groups is 1. The van der Waals surface area contributed by atoms with Crippen molar-refractivity contribution in [2.24, 2.45) is 11.1 Å². The molecule has 1 aliphatic rings. The van der Waals surface area contributed by atoms with Gasteiger partial charge in [0.15, 0.2) is 0 Å². The van der Waals surface area contributed by atoms with Gasteiger partial charge in [-0.05, 0) is 70.0 Å². The lowest BCUT2D eigenvalue weighted by Crippen LogP contribution is -2.36. The van der Waals surface area contributed by atoms with E-state index in [0.717, 1.165) is 25.1 Å². The van der Waals surface area contributed by atoms with Crippen LogP contribution >= 0.6 is 0 Å². The standard InChI is InChI=1S/C17H27N3O3S/c1-5-20(11-14-6-7-19(4)10-14)17(21)15-8-12(2)13(3)16(9-15)24(18,22)23/h8-9,14H,5-7,10-11H2,1-4H3,(H2,18,22,23). The number of nitrogens with zero attached hydrogens (tertiary/aromatic N) is 2. The quantitative estimate of drug-likeness (QED) is 0.866. The zero-order valence-corrected chi connectivity index (χ0v) is 15.7. The molecule has 1 amide bonds. The Morgan fingerprint density at radius 1 is 1.38 bits per heavy atom. The lowest BCUT2D eigenvalue weighted by atomic mass is 10.0. The summed E-state index contributed by atoms with van der Waals surface area (Å²) >= 11 is 0. The maximum absolute atomic E-state index is 12.9. The van der Waals surface area contributed by atoms with E-state index in [0.29, 0.717) is 30.1 Å². The van der Waals surface area contributed by atoms with Crippen LogP contribution in [0.1, 0.15) is 34.8 Å². The number of nitrogens with two attached hydrogens (primary N) is 1. The summed E-state index contributed by atoms with van der Waals surface area (Å²) in [7, 11) is -1.77. The van der Waals surface area contributed by atoms with E-state index in [1.54, 1.807) is 24.8 Å². The van der Waals surface area contributed by atoms with Crippen LogP contribution in [0, 0.1) is 19.8 Å². The van der Waals surface area contributed by atoms with E-state index in [1.807, 2.05) is 6.92 Å². The Bertz CT molecular complexity index is 731. The van der Waals surface area contributed by atoms with Crippen molar-refractivity contribution in [3.63, 3.8) is 0 Å². The molecule has 24 heavy (non-hydrogen) atoms. The van der Waals surface area contributed by atoms with Crippen molar-refractivity contribution >= 4 is 15.9 Å². The van der Waals surface area contributed by atoms with Gasteiger partial charge in [-0.2, -0.15) is 0 Å². The molecule has 1 saturated heterocycles. The van der Waals surface area contributed by atoms with Crippen molar-refractivity contribution in [1.29, 1.82) is 0 Å². The first-order chi connectivity index (χ1) is 11.1. The molecule has 1 fully saturated rings. The number of hydrogen-bond donors (Lipinski definition) is 1. The maximum Gasteiger partial charge on any atom is 0.253 e. The second kappa shape index (κ2) is 7.21. The van der Waals surface area contributed by atoms with E-state index >= 15 is 0 Å². The first kappa shape index (κ1) is 18.9. The van der Waals surface area contributed by atoms with Gasteiger partial charge < -0.3 is 9.80 Å². The summed E-state index contributed by atoms with van der Waals surface area (Å²) in [6.45, 7) is 8.76. The third-order valence-corrected chi connectivity index (χ3v) is 5.85. The normalized spacial score (nSPS) is 18.8. The Morgan fingerprint density at radius 3 is 2.54 bits per heavy atom. The van der Waals surface area contributed by atoms with Crippen LogP contribution in [0.3, 0.4) is 0 Å². The number of benzene rings is 1. The van der Waals surface area contributed by atoms with Crippen LogP contribution in [0.5, 0.6) is 0 Å². The van der Waals surface area contributed by atoms with Crippen LogP contribution in [0.25, 0.3) is 0 Å². The maximum atomic E-state index is 12.9. The largest absolute Gasteiger partial charge is 0.339 e. The molecule has 1 aromatic carbocycles. The number of hydrogen-bond acceptors (Lipinski definition) is 4. The second-order valence-corrected chi connectivity index (χ2v) is 8.25. The fraction of sp³-hybridized carbons (Fsp3) is 0.588. The van der Waals surface area contributed by atoms with E-state index in [9.17, 15) is 13.2 Å². The average molecular weight is 353 g/mol. The third kappa shape index (κ3) is 4.15. The Kier molecular flexibility index (Phi) is 5.67. The van der Waals surface area contributed by atoms with E-state index in [2.05, 4.69) is 11.9 Å². The molecule has 0 aliphatic carbocycles. The van der Waals surface area contributed by atoms with Crippen LogP contribution in [-0.4, -0.2) is 57.4 Å². The number of primary sulfonamides is 1. The number of aryl methyl sites for hydroxylation is 1. The van der Waals surface area contributed by atoms with Crippen molar-refractivity contribution in [3.8, 4) is 0 Å². The van der Waals surface area contributed by atoms with Gasteiger partial charge in [0.05, 0.1) is 4.90 Å². The molecule has 134 valence electrons. The van der Waals surface area contributed by atoms with Crippen molar-refractivity contribution < 1.29 is 13.2 Å². The molecule has 1 heterocycles. The Labute approximate surface area is 144 Å². The lowest BCUT2D eigenvalue weighted by Gasteiger charge is -2.25. The Hall–Kier alpha value is -1.44. The van der Waals surface area contributed by atoms with Gasteiger partial charge in [0, 0.05) is 25.2 Å². The molecule has 0 saturated carbocycles. The molecular weight excluding hydrogens is 326 g/mol. The van der Waals surface area contributed by atoms with E-state index < -0.39 is 10.0 Å². The summed E-state index contributed by atoms with van der Waals surface area (Å²) in [6, 6.07) is 3.15. The molecule has 7 heteroatoms. The summed E-state index contributed by atoms with van der Waals surface area (Å²) in [6.07, 6.45) is 1.08. The van der Waals surface area contributed by atoms with Gasteiger partial charge in [0.25, 0.3) is 5.91 Å². The highest BCUT2D eigenvalue weighted by Crippen LogP contribution is 2.22. The van der Waals surface area contributed by atoms with E-state index in [-0.39, 0.29) is 10.8 Å². The predicted octanol–water partition coefficient (Wildman–Crippen LogP) is 1.36. The first-order valence-corrected chi connectivity index (χ1v) is 9.80. The van der Waals surface area contributed by atoms with Crippen molar-refractivity contribution in [1.82, 2.24) is 9.80 Å². The number of rotatable bonds is 5. The highest BCUT2D eigenvalue weighted by atomic mass is 32.2. The molecule has 2 rings (SSSR count). The fourth-order valence-electron chi connectivity index (χ4n) is 3.27. The van der Waals surface area contributed by atoms with Crippen LogP contribution in [0.4, 0.5) is 0 Å². The van der Waals surface area contributed by atoms with Crippen molar-refractivity contribution in [2.75, 3.05) is 33.2 Å².